The van der Waals surface area contributed by atoms with Crippen LogP contribution in [0.2, 0.25) is 5.02 Å². The lowest BCUT2D eigenvalue weighted by atomic mass is 10.1. The first-order chi connectivity index (χ1) is 17.7. The van der Waals surface area contributed by atoms with Gasteiger partial charge in [0.05, 0.1) is 29.7 Å². The standard InChI is InChI=1S/C28H28BrClN4O3/c1-18(33(16-15-32(2)3)27(35)19-5-7-20(29)8-6-19)26-31-25-17-21(30)9-14-24(25)28(36)34(26)22-10-12-23(37-4)13-11-22/h5-14,17-18H,15-16H2,1-4H3. The molecule has 0 N–H and O–H groups in total. The van der Waals surface area contributed by atoms with Gasteiger partial charge in [0.1, 0.15) is 11.6 Å². The number of carbonyl (C=O) groups is 1. The van der Waals surface area contributed by atoms with Gasteiger partial charge in [-0.2, -0.15) is 0 Å². The van der Waals surface area contributed by atoms with Crippen molar-refractivity contribution in [3.8, 4) is 11.4 Å². The van der Waals surface area contributed by atoms with Crippen molar-refractivity contribution in [2.45, 2.75) is 13.0 Å². The molecule has 7 nitrogen and oxygen atoms in total. The zero-order chi connectivity index (χ0) is 26.7. The summed E-state index contributed by atoms with van der Waals surface area (Å²) in [6, 6.07) is 18.9. The van der Waals surface area contributed by atoms with Gasteiger partial charge in [0, 0.05) is 28.1 Å². The molecule has 0 saturated heterocycles. The highest BCUT2D eigenvalue weighted by atomic mass is 79.9. The molecule has 4 aromatic rings. The maximum Gasteiger partial charge on any atom is 0.266 e. The fourth-order valence-electron chi connectivity index (χ4n) is 4.11. The van der Waals surface area contributed by atoms with Crippen molar-refractivity contribution >= 4 is 44.3 Å². The largest absolute Gasteiger partial charge is 0.497 e. The van der Waals surface area contributed by atoms with E-state index in [4.69, 9.17) is 21.3 Å². The lowest BCUT2D eigenvalue weighted by molar-refractivity contribution is 0.0667. The molecule has 1 amide bonds. The number of aromatic nitrogens is 2. The van der Waals surface area contributed by atoms with Gasteiger partial charge in [-0.15, -0.1) is 0 Å². The van der Waals surface area contributed by atoms with Crippen LogP contribution in [0.4, 0.5) is 0 Å². The minimum absolute atomic E-state index is 0.149. The molecular weight excluding hydrogens is 556 g/mol. The number of carbonyl (C=O) groups excluding carboxylic acids is 1. The van der Waals surface area contributed by atoms with E-state index in [0.717, 1.165) is 4.47 Å². The van der Waals surface area contributed by atoms with Crippen LogP contribution in [0.5, 0.6) is 5.75 Å². The first-order valence-electron chi connectivity index (χ1n) is 11.8. The number of hydrogen-bond acceptors (Lipinski definition) is 5. The summed E-state index contributed by atoms with van der Waals surface area (Å²) >= 11 is 9.68. The number of rotatable bonds is 8. The number of methoxy groups -OCH3 is 1. The Morgan fingerprint density at radius 1 is 1.05 bits per heavy atom. The summed E-state index contributed by atoms with van der Waals surface area (Å²) in [5, 5.41) is 0.922. The highest BCUT2D eigenvalue weighted by molar-refractivity contribution is 9.10. The molecule has 0 aliphatic heterocycles. The lowest BCUT2D eigenvalue weighted by Crippen LogP contribution is -2.41. The predicted molar refractivity (Wildman–Crippen MR) is 151 cm³/mol. The fourth-order valence-corrected chi connectivity index (χ4v) is 4.54. The van der Waals surface area contributed by atoms with Crippen molar-refractivity contribution in [3.05, 3.63) is 98.0 Å². The number of nitrogens with zero attached hydrogens (tertiary/aromatic N) is 4. The molecular formula is C28H28BrClN4O3. The van der Waals surface area contributed by atoms with Gasteiger partial charge in [0.15, 0.2) is 0 Å². The summed E-state index contributed by atoms with van der Waals surface area (Å²) in [4.78, 5) is 36.2. The van der Waals surface area contributed by atoms with Crippen LogP contribution in [0.15, 0.2) is 76.0 Å². The van der Waals surface area contributed by atoms with Gasteiger partial charge in [-0.1, -0.05) is 27.5 Å². The molecule has 0 radical (unpaired) electrons. The van der Waals surface area contributed by atoms with Crippen LogP contribution in [0.25, 0.3) is 16.6 Å². The van der Waals surface area contributed by atoms with Crippen molar-refractivity contribution in [1.29, 1.82) is 0 Å². The van der Waals surface area contributed by atoms with Gasteiger partial charge in [-0.25, -0.2) is 4.98 Å². The van der Waals surface area contributed by atoms with Crippen molar-refractivity contribution < 1.29 is 9.53 Å². The first kappa shape index (κ1) is 26.9. The zero-order valence-corrected chi connectivity index (χ0v) is 23.5. The Bertz CT molecular complexity index is 1470. The molecule has 0 saturated carbocycles. The monoisotopic (exact) mass is 582 g/mol. The summed E-state index contributed by atoms with van der Waals surface area (Å²) in [5.74, 6) is 0.961. The van der Waals surface area contributed by atoms with Crippen LogP contribution < -0.4 is 10.3 Å². The Morgan fingerprint density at radius 2 is 1.73 bits per heavy atom. The van der Waals surface area contributed by atoms with E-state index in [9.17, 15) is 9.59 Å². The van der Waals surface area contributed by atoms with E-state index in [1.807, 2.05) is 38.1 Å². The van der Waals surface area contributed by atoms with Crippen LogP contribution in [-0.2, 0) is 0 Å². The van der Waals surface area contributed by atoms with Crippen molar-refractivity contribution in [3.63, 3.8) is 0 Å². The van der Waals surface area contributed by atoms with Crippen molar-refractivity contribution in [2.75, 3.05) is 34.3 Å². The van der Waals surface area contributed by atoms with E-state index in [0.29, 0.717) is 51.8 Å². The van der Waals surface area contributed by atoms with E-state index >= 15 is 0 Å². The number of hydrogen-bond donors (Lipinski definition) is 0. The Labute approximate surface area is 229 Å². The number of ether oxygens (including phenoxy) is 1. The molecule has 192 valence electrons. The zero-order valence-electron chi connectivity index (χ0n) is 21.1. The van der Waals surface area contributed by atoms with Crippen LogP contribution in [0.1, 0.15) is 29.1 Å². The molecule has 1 aromatic heterocycles. The predicted octanol–water partition coefficient (Wildman–Crippen LogP) is 5.58. The van der Waals surface area contributed by atoms with Gasteiger partial charge < -0.3 is 14.5 Å². The summed E-state index contributed by atoms with van der Waals surface area (Å²) in [6.45, 7) is 2.97. The van der Waals surface area contributed by atoms with Crippen LogP contribution in [0, 0.1) is 0 Å². The molecule has 0 aliphatic carbocycles. The third kappa shape index (κ3) is 5.87. The van der Waals surface area contributed by atoms with E-state index in [2.05, 4.69) is 15.9 Å². The molecule has 0 bridgehead atoms. The SMILES string of the molecule is COc1ccc(-n2c(C(C)N(CCN(C)C)C(=O)c3ccc(Br)cc3)nc3cc(Cl)ccc3c2=O)cc1. The normalized spacial score (nSPS) is 12.1. The molecule has 0 fully saturated rings. The highest BCUT2D eigenvalue weighted by Crippen LogP contribution is 2.26. The average Bonchev–Trinajstić information content (AvgIpc) is 2.88. The maximum absolute atomic E-state index is 13.8. The quantitative estimate of drug-likeness (QED) is 0.271. The third-order valence-electron chi connectivity index (χ3n) is 6.17. The number of amides is 1. The Kier molecular flexibility index (Phi) is 8.32. The van der Waals surface area contributed by atoms with Gasteiger partial charge in [0.25, 0.3) is 11.5 Å². The third-order valence-corrected chi connectivity index (χ3v) is 6.93. The number of benzene rings is 3. The van der Waals surface area contributed by atoms with Crippen molar-refractivity contribution in [1.82, 2.24) is 19.4 Å². The van der Waals surface area contributed by atoms with Gasteiger partial charge in [-0.05, 0) is 87.7 Å². The fraction of sp³-hybridized carbons (Fsp3) is 0.250. The van der Waals surface area contributed by atoms with Gasteiger partial charge in [-0.3, -0.25) is 14.2 Å². The number of likely N-dealkylation sites (N-methyl/N-ethyl adjacent to an activating group) is 1. The number of halogens is 2. The second-order valence-electron chi connectivity index (χ2n) is 8.95. The molecule has 0 aliphatic rings. The Morgan fingerprint density at radius 3 is 2.35 bits per heavy atom. The van der Waals surface area contributed by atoms with E-state index in [1.54, 1.807) is 71.2 Å². The second kappa shape index (κ2) is 11.5. The summed E-state index contributed by atoms with van der Waals surface area (Å²) in [5.41, 5.74) is 1.42. The molecule has 0 spiro atoms. The molecule has 1 atom stereocenters. The lowest BCUT2D eigenvalue weighted by Gasteiger charge is -2.31. The Balaban J connectivity index is 1.90. The minimum atomic E-state index is -0.533. The van der Waals surface area contributed by atoms with E-state index in [-0.39, 0.29) is 11.5 Å². The van der Waals surface area contributed by atoms with Crippen LogP contribution >= 0.6 is 27.5 Å². The van der Waals surface area contributed by atoms with E-state index in [1.165, 1.54) is 0 Å². The summed E-state index contributed by atoms with van der Waals surface area (Å²) in [6.07, 6.45) is 0. The summed E-state index contributed by atoms with van der Waals surface area (Å²) < 4.78 is 7.75. The molecule has 3 aromatic carbocycles. The minimum Gasteiger partial charge on any atom is -0.497 e. The van der Waals surface area contributed by atoms with Gasteiger partial charge >= 0.3 is 0 Å². The van der Waals surface area contributed by atoms with Crippen LogP contribution in [-0.4, -0.2) is 59.6 Å². The van der Waals surface area contributed by atoms with Crippen molar-refractivity contribution in [2.24, 2.45) is 0 Å². The molecule has 37 heavy (non-hydrogen) atoms. The maximum atomic E-state index is 13.8. The first-order valence-corrected chi connectivity index (χ1v) is 12.9. The smallest absolute Gasteiger partial charge is 0.266 e. The van der Waals surface area contributed by atoms with Gasteiger partial charge in [0.2, 0.25) is 0 Å². The number of fused-ring (bicyclic) bond motifs is 1. The molecule has 1 unspecified atom stereocenters. The molecule has 9 heteroatoms. The molecule has 1 heterocycles. The highest BCUT2D eigenvalue weighted by Gasteiger charge is 2.28. The average molecular weight is 584 g/mol. The topological polar surface area (TPSA) is 67.7 Å². The van der Waals surface area contributed by atoms with E-state index < -0.39 is 6.04 Å². The Hall–Kier alpha value is -3.20. The van der Waals surface area contributed by atoms with Crippen LogP contribution in [0.3, 0.4) is 0 Å². The molecule has 4 rings (SSSR count). The second-order valence-corrected chi connectivity index (χ2v) is 10.3. The summed E-state index contributed by atoms with van der Waals surface area (Å²) in [7, 11) is 5.50.